The van der Waals surface area contributed by atoms with Gasteiger partial charge in [-0.05, 0) is 36.8 Å². The van der Waals surface area contributed by atoms with Gasteiger partial charge in [-0.3, -0.25) is 5.32 Å². The van der Waals surface area contributed by atoms with Crippen LogP contribution in [-0.2, 0) is 11.3 Å². The van der Waals surface area contributed by atoms with E-state index in [2.05, 4.69) is 15.4 Å². The van der Waals surface area contributed by atoms with E-state index in [9.17, 15) is 28.6 Å². The highest BCUT2D eigenvalue weighted by molar-refractivity contribution is 8.45. The van der Waals surface area contributed by atoms with Crippen LogP contribution < -0.4 is 16.4 Å². The molecule has 0 bridgehead atoms. The summed E-state index contributed by atoms with van der Waals surface area (Å²) in [6.45, 7) is 1.29. The van der Waals surface area contributed by atoms with Crippen molar-refractivity contribution in [3.05, 3.63) is 47.8 Å². The Balaban J connectivity index is 2.18. The zero-order valence-electron chi connectivity index (χ0n) is 14.4. The molecular formula is C16H17F6N3O2S. The van der Waals surface area contributed by atoms with Gasteiger partial charge in [-0.2, -0.15) is 0 Å². The first-order chi connectivity index (χ1) is 12.7. The fourth-order valence-corrected chi connectivity index (χ4v) is 2.92. The summed E-state index contributed by atoms with van der Waals surface area (Å²) in [7, 11) is -9.81. The maximum absolute atomic E-state index is 14.3. The molecule has 5 nitrogen and oxygen atoms in total. The zero-order chi connectivity index (χ0) is 21.2. The van der Waals surface area contributed by atoms with Crippen LogP contribution in [0.2, 0.25) is 0 Å². The smallest absolute Gasteiger partial charge is 0.411 e. The van der Waals surface area contributed by atoms with Crippen molar-refractivity contribution in [1.82, 2.24) is 0 Å². The zero-order valence-corrected chi connectivity index (χ0v) is 15.3. The Labute approximate surface area is 156 Å². The number of ether oxygens (including phenoxy) is 1. The Bertz CT molecular complexity index is 906. The number of halogens is 6. The number of carbonyl (C=O) groups is 1. The molecule has 0 aliphatic heterocycles. The molecule has 0 saturated carbocycles. The number of nitrogen functional groups attached to an aromatic ring is 1. The molecule has 156 valence electrons. The molecule has 4 N–H and O–H groups in total. The topological polar surface area (TPSA) is 76.4 Å². The van der Waals surface area contributed by atoms with Gasteiger partial charge in [-0.1, -0.05) is 31.6 Å². The van der Waals surface area contributed by atoms with Gasteiger partial charge in [0.25, 0.3) is 0 Å². The average molecular weight is 429 g/mol. The van der Waals surface area contributed by atoms with Crippen molar-refractivity contribution in [3.8, 4) is 0 Å². The van der Waals surface area contributed by atoms with E-state index in [4.69, 9.17) is 5.73 Å². The van der Waals surface area contributed by atoms with Gasteiger partial charge in [0, 0.05) is 6.54 Å². The van der Waals surface area contributed by atoms with Gasteiger partial charge < -0.3 is 15.8 Å². The predicted molar refractivity (Wildman–Crippen MR) is 96.6 cm³/mol. The number of anilines is 3. The van der Waals surface area contributed by atoms with Crippen molar-refractivity contribution in [2.45, 2.75) is 18.4 Å². The van der Waals surface area contributed by atoms with Crippen LogP contribution in [0.1, 0.15) is 12.5 Å². The molecule has 0 saturated heterocycles. The molecule has 12 heteroatoms. The second-order valence-electron chi connectivity index (χ2n) is 5.70. The molecule has 0 unspecified atom stereocenters. The monoisotopic (exact) mass is 429 g/mol. The minimum Gasteiger partial charge on any atom is -0.450 e. The second kappa shape index (κ2) is 6.69. The molecule has 0 atom stereocenters. The number of benzene rings is 2. The lowest BCUT2D eigenvalue weighted by atomic mass is 10.2. The Morgan fingerprint density at radius 2 is 1.75 bits per heavy atom. The minimum atomic E-state index is -9.81. The highest BCUT2D eigenvalue weighted by Gasteiger charge is 2.65. The van der Waals surface area contributed by atoms with Crippen molar-refractivity contribution in [2.24, 2.45) is 0 Å². The van der Waals surface area contributed by atoms with Crippen LogP contribution >= 0.6 is 10.2 Å². The number of rotatable bonds is 6. The summed E-state index contributed by atoms with van der Waals surface area (Å²) in [5, 5.41) is 4.71. The number of nitrogens with one attached hydrogen (secondary N) is 2. The van der Waals surface area contributed by atoms with E-state index in [0.29, 0.717) is 6.07 Å². The van der Waals surface area contributed by atoms with Crippen LogP contribution in [0.3, 0.4) is 0 Å². The normalized spacial score (nSPS) is 14.0. The fraction of sp³-hybridized carbons (Fsp3) is 0.188. The molecule has 0 aromatic heterocycles. The fourth-order valence-electron chi connectivity index (χ4n) is 2.21. The SMILES string of the molecule is CCOC(=O)Nc1ccc(NCc2cccc(S(F)(F)(F)(F)F)c2)c(F)c1N. The molecule has 0 heterocycles. The molecule has 1 amide bonds. The van der Waals surface area contributed by atoms with E-state index in [-0.39, 0.29) is 36.2 Å². The van der Waals surface area contributed by atoms with E-state index in [1.165, 1.54) is 18.2 Å². The van der Waals surface area contributed by atoms with Crippen LogP contribution in [0.4, 0.5) is 45.7 Å². The number of amides is 1. The van der Waals surface area contributed by atoms with Crippen LogP contribution in [0.5, 0.6) is 0 Å². The molecule has 0 fully saturated rings. The lowest BCUT2D eigenvalue weighted by Gasteiger charge is -2.40. The van der Waals surface area contributed by atoms with E-state index < -0.39 is 32.7 Å². The molecule has 2 rings (SSSR count). The van der Waals surface area contributed by atoms with E-state index in [1.807, 2.05) is 0 Å². The summed E-state index contributed by atoms with van der Waals surface area (Å²) in [5.41, 5.74) is 4.76. The van der Waals surface area contributed by atoms with Crippen LogP contribution in [0, 0.1) is 5.82 Å². The van der Waals surface area contributed by atoms with Crippen molar-refractivity contribution < 1.29 is 33.4 Å². The number of carbonyl (C=O) groups excluding carboxylic acids is 1. The second-order valence-corrected chi connectivity index (χ2v) is 8.11. The number of hydrogen-bond acceptors (Lipinski definition) is 4. The number of nitrogens with two attached hydrogens (primary N) is 1. The van der Waals surface area contributed by atoms with Gasteiger partial charge in [0.1, 0.15) is 4.90 Å². The largest absolute Gasteiger partial charge is 0.450 e. The van der Waals surface area contributed by atoms with Gasteiger partial charge in [-0.25, -0.2) is 9.18 Å². The van der Waals surface area contributed by atoms with Gasteiger partial charge in [0.05, 0.1) is 23.7 Å². The van der Waals surface area contributed by atoms with Crippen molar-refractivity contribution >= 4 is 33.4 Å². The van der Waals surface area contributed by atoms with Crippen LogP contribution in [-0.4, -0.2) is 12.7 Å². The Morgan fingerprint density at radius 1 is 1.11 bits per heavy atom. The molecule has 0 radical (unpaired) electrons. The molecule has 0 spiro atoms. The molecule has 0 aliphatic rings. The maximum atomic E-state index is 14.3. The van der Waals surface area contributed by atoms with E-state index in [1.54, 1.807) is 6.92 Å². The highest BCUT2D eigenvalue weighted by Crippen LogP contribution is 3.02. The van der Waals surface area contributed by atoms with Crippen LogP contribution in [0.15, 0.2) is 41.3 Å². The van der Waals surface area contributed by atoms with Gasteiger partial charge in [-0.15, -0.1) is 0 Å². The van der Waals surface area contributed by atoms with Crippen molar-refractivity contribution in [3.63, 3.8) is 0 Å². The number of hydrogen-bond donors (Lipinski definition) is 3. The van der Waals surface area contributed by atoms with Crippen molar-refractivity contribution in [1.29, 1.82) is 0 Å². The molecular weight excluding hydrogens is 412 g/mol. The summed E-state index contributed by atoms with van der Waals surface area (Å²) < 4.78 is 83.3. The first-order valence-electron chi connectivity index (χ1n) is 7.80. The summed E-state index contributed by atoms with van der Waals surface area (Å²) in [4.78, 5) is 9.33. The standard InChI is InChI=1S/C16H17F6N3O2S/c1-2-27-16(26)25-13-7-6-12(14(17)15(13)23)24-9-10-4-3-5-11(8-10)28(18,19,20,21)22/h3-8,24H,2,9,23H2,1H3,(H,25,26). The van der Waals surface area contributed by atoms with E-state index in [0.717, 1.165) is 6.07 Å². The summed E-state index contributed by atoms with van der Waals surface area (Å²) in [6.07, 6.45) is -0.845. The third-order valence-corrected chi connectivity index (χ3v) is 4.66. The van der Waals surface area contributed by atoms with Gasteiger partial charge >= 0.3 is 16.3 Å². The Hall–Kier alpha value is -2.76. The minimum absolute atomic E-state index is 0.0654. The van der Waals surface area contributed by atoms with Crippen molar-refractivity contribution in [2.75, 3.05) is 23.0 Å². The Kier molecular flexibility index (Phi) is 5.15. The molecule has 28 heavy (non-hydrogen) atoms. The Morgan fingerprint density at radius 3 is 2.36 bits per heavy atom. The van der Waals surface area contributed by atoms with Gasteiger partial charge in [0.2, 0.25) is 0 Å². The maximum Gasteiger partial charge on any atom is 0.411 e. The predicted octanol–water partition coefficient (Wildman–Crippen LogP) is 6.25. The summed E-state index contributed by atoms with van der Waals surface area (Å²) >= 11 is 0. The average Bonchev–Trinajstić information content (AvgIpc) is 2.57. The summed E-state index contributed by atoms with van der Waals surface area (Å²) in [6, 6.07) is 5.02. The first-order valence-corrected chi connectivity index (χ1v) is 9.75. The lowest BCUT2D eigenvalue weighted by molar-refractivity contribution is 0.168. The third kappa shape index (κ3) is 5.38. The molecule has 0 aliphatic carbocycles. The van der Waals surface area contributed by atoms with Crippen LogP contribution in [0.25, 0.3) is 0 Å². The third-order valence-electron chi connectivity index (χ3n) is 3.52. The van der Waals surface area contributed by atoms with E-state index >= 15 is 0 Å². The molecule has 2 aromatic rings. The quantitative estimate of drug-likeness (QED) is 0.375. The summed E-state index contributed by atoms with van der Waals surface area (Å²) in [5.74, 6) is -0.974. The first kappa shape index (κ1) is 21.5. The highest BCUT2D eigenvalue weighted by atomic mass is 32.5. The molecule has 2 aromatic carbocycles. The lowest BCUT2D eigenvalue weighted by Crippen LogP contribution is -2.15. The van der Waals surface area contributed by atoms with Gasteiger partial charge in [0.15, 0.2) is 5.82 Å².